The molecule has 4 heterocycles. The smallest absolute Gasteiger partial charge is 0.261 e. The van der Waals surface area contributed by atoms with Crippen molar-refractivity contribution in [2.45, 2.75) is 0 Å². The van der Waals surface area contributed by atoms with Crippen molar-refractivity contribution < 1.29 is 4.79 Å². The van der Waals surface area contributed by atoms with E-state index in [1.807, 2.05) is 17.5 Å². The molecule has 3 aliphatic heterocycles. The minimum absolute atomic E-state index is 0.0696. The van der Waals surface area contributed by atoms with Crippen LogP contribution in [0.25, 0.3) is 5.57 Å². The topological polar surface area (TPSA) is 57.1 Å². The lowest BCUT2D eigenvalue weighted by Crippen LogP contribution is -2.45. The van der Waals surface area contributed by atoms with Crippen LogP contribution in [-0.2, 0) is 4.79 Å². The zero-order chi connectivity index (χ0) is 14.9. The zero-order valence-corrected chi connectivity index (χ0v) is 13.6. The second-order valence-electron chi connectivity index (χ2n) is 5.44. The third-order valence-corrected chi connectivity index (χ3v) is 5.83. The number of hydrogen-bond donors (Lipinski definition) is 1. The molecule has 0 aliphatic carbocycles. The van der Waals surface area contributed by atoms with Crippen molar-refractivity contribution in [1.29, 1.82) is 0 Å². The number of hydrogen-bond acceptors (Lipinski definition) is 6. The van der Waals surface area contributed by atoms with Crippen molar-refractivity contribution >= 4 is 45.5 Å². The van der Waals surface area contributed by atoms with Gasteiger partial charge in [0.2, 0.25) is 0 Å². The molecule has 0 saturated carbocycles. The molecule has 1 atom stereocenters. The van der Waals surface area contributed by atoms with Gasteiger partial charge in [-0.05, 0) is 22.4 Å². The summed E-state index contributed by atoms with van der Waals surface area (Å²) in [5, 5.41) is 8.29. The van der Waals surface area contributed by atoms with E-state index in [0.717, 1.165) is 41.7 Å². The first-order valence-electron chi connectivity index (χ1n) is 7.35. The van der Waals surface area contributed by atoms with Crippen LogP contribution in [0.4, 0.5) is 0 Å². The molecule has 0 spiro atoms. The lowest BCUT2D eigenvalue weighted by atomic mass is 9.99. The molecule has 1 N–H and O–H groups in total. The molecule has 1 fully saturated rings. The van der Waals surface area contributed by atoms with Crippen LogP contribution in [-0.4, -0.2) is 54.4 Å². The van der Waals surface area contributed by atoms with Gasteiger partial charge >= 0.3 is 0 Å². The Labute approximate surface area is 137 Å². The van der Waals surface area contributed by atoms with Gasteiger partial charge in [-0.3, -0.25) is 9.69 Å². The lowest BCUT2D eigenvalue weighted by molar-refractivity contribution is -0.118. The number of carbonyl (C=O) groups excluding carboxylic acids is 1. The fourth-order valence-corrected chi connectivity index (χ4v) is 4.73. The van der Waals surface area contributed by atoms with Gasteiger partial charge in [0.15, 0.2) is 0 Å². The van der Waals surface area contributed by atoms with Gasteiger partial charge in [0.05, 0.1) is 11.6 Å². The number of thiophene rings is 1. The Morgan fingerprint density at radius 3 is 2.95 bits per heavy atom. The predicted molar refractivity (Wildman–Crippen MR) is 92.6 cm³/mol. The Bertz CT molecular complexity index is 672. The van der Waals surface area contributed by atoms with E-state index >= 15 is 0 Å². The molecular formula is C15H16N4OS2. The van der Waals surface area contributed by atoms with Crippen LogP contribution in [0.3, 0.4) is 0 Å². The lowest BCUT2D eigenvalue weighted by Gasteiger charge is -2.27. The summed E-state index contributed by atoms with van der Waals surface area (Å²) < 4.78 is 0. The highest BCUT2D eigenvalue weighted by molar-refractivity contribution is 8.17. The summed E-state index contributed by atoms with van der Waals surface area (Å²) in [6.45, 7) is 4.59. The molecule has 1 unspecified atom stereocenters. The Hall–Kier alpha value is -1.28. The quantitative estimate of drug-likeness (QED) is 0.915. The number of nitrogens with one attached hydrogen (secondary N) is 1. The van der Waals surface area contributed by atoms with Gasteiger partial charge in [-0.1, -0.05) is 17.8 Å². The molecule has 1 aromatic rings. The Balaban J connectivity index is 1.52. The number of rotatable bonds is 3. The second kappa shape index (κ2) is 6.08. The van der Waals surface area contributed by atoms with E-state index < -0.39 is 0 Å². The minimum atomic E-state index is -0.282. The molecular weight excluding hydrogens is 316 g/mol. The van der Waals surface area contributed by atoms with Gasteiger partial charge in [-0.25, -0.2) is 4.99 Å². The fourth-order valence-electron chi connectivity index (χ4n) is 2.85. The van der Waals surface area contributed by atoms with E-state index in [0.29, 0.717) is 12.4 Å². The first-order valence-corrected chi connectivity index (χ1v) is 9.11. The minimum Gasteiger partial charge on any atom is -0.314 e. The van der Waals surface area contributed by atoms with E-state index in [1.165, 1.54) is 0 Å². The summed E-state index contributed by atoms with van der Waals surface area (Å²) in [6, 6.07) is 4.06. The number of thioether (sulfide) groups is 1. The summed E-state index contributed by atoms with van der Waals surface area (Å²) >= 11 is 3.22. The molecule has 7 heteroatoms. The summed E-state index contributed by atoms with van der Waals surface area (Å²) in [6.07, 6.45) is 0. The molecule has 1 amide bonds. The molecule has 0 radical (unpaired) electrons. The number of fused-ring (bicyclic) bond motifs is 1. The summed E-state index contributed by atoms with van der Waals surface area (Å²) in [4.78, 5) is 24.8. The van der Waals surface area contributed by atoms with Crippen LogP contribution in [0.2, 0.25) is 0 Å². The summed E-state index contributed by atoms with van der Waals surface area (Å²) in [5.74, 6) is 0.307. The highest BCUT2D eigenvalue weighted by Crippen LogP contribution is 2.41. The van der Waals surface area contributed by atoms with Crippen molar-refractivity contribution in [3.8, 4) is 0 Å². The number of amidine groups is 1. The second-order valence-corrected chi connectivity index (χ2v) is 7.28. The van der Waals surface area contributed by atoms with Gasteiger partial charge in [0.1, 0.15) is 11.8 Å². The molecule has 3 aliphatic rings. The van der Waals surface area contributed by atoms with Crippen molar-refractivity contribution in [1.82, 2.24) is 10.2 Å². The van der Waals surface area contributed by atoms with Crippen molar-refractivity contribution in [3.63, 3.8) is 0 Å². The van der Waals surface area contributed by atoms with Gasteiger partial charge in [0, 0.05) is 31.1 Å². The first kappa shape index (κ1) is 14.3. The molecule has 1 aromatic heterocycles. The maximum absolute atomic E-state index is 12.5. The normalized spacial score (nSPS) is 25.5. The van der Waals surface area contributed by atoms with Crippen LogP contribution in [0.5, 0.6) is 0 Å². The van der Waals surface area contributed by atoms with Crippen LogP contribution in [0.15, 0.2) is 32.9 Å². The van der Waals surface area contributed by atoms with Gasteiger partial charge < -0.3 is 5.32 Å². The predicted octanol–water partition coefficient (Wildman–Crippen LogP) is 1.69. The van der Waals surface area contributed by atoms with Crippen LogP contribution >= 0.6 is 23.1 Å². The molecule has 5 nitrogen and oxygen atoms in total. The first-order chi connectivity index (χ1) is 10.8. The number of piperazine rings is 1. The molecule has 0 aromatic carbocycles. The molecule has 0 bridgehead atoms. The Morgan fingerprint density at radius 1 is 1.32 bits per heavy atom. The number of carbonyl (C=O) groups is 1. The van der Waals surface area contributed by atoms with Crippen LogP contribution < -0.4 is 5.32 Å². The Kier molecular flexibility index (Phi) is 3.96. The maximum Gasteiger partial charge on any atom is 0.261 e. The number of nitrogens with zero attached hydrogens (tertiary/aromatic N) is 3. The van der Waals surface area contributed by atoms with Crippen LogP contribution in [0.1, 0.15) is 4.88 Å². The van der Waals surface area contributed by atoms with E-state index in [-0.39, 0.29) is 11.8 Å². The SMILES string of the molecule is O=C1N=C(CN2CCNCC2)N=C2SC=C(c3cccs3)C12. The van der Waals surface area contributed by atoms with Crippen molar-refractivity contribution in [2.75, 3.05) is 32.7 Å². The maximum atomic E-state index is 12.5. The number of aliphatic imine (C=N–C) groups is 2. The van der Waals surface area contributed by atoms with Crippen LogP contribution in [0, 0.1) is 5.92 Å². The largest absolute Gasteiger partial charge is 0.314 e. The van der Waals surface area contributed by atoms with Crippen molar-refractivity contribution in [3.05, 3.63) is 27.8 Å². The summed E-state index contributed by atoms with van der Waals surface area (Å²) in [7, 11) is 0. The third-order valence-electron chi connectivity index (χ3n) is 3.97. The Morgan fingerprint density at radius 2 is 2.18 bits per heavy atom. The van der Waals surface area contributed by atoms with Gasteiger partial charge in [-0.15, -0.1) is 11.3 Å². The van der Waals surface area contributed by atoms with E-state index in [9.17, 15) is 4.79 Å². The average Bonchev–Trinajstić information content (AvgIpc) is 3.16. The van der Waals surface area contributed by atoms with Gasteiger partial charge in [0.25, 0.3) is 5.91 Å². The standard InChI is InChI=1S/C15H16N4OS2/c20-14-13-10(11-2-1-7-21-11)9-22-15(13)18-12(17-14)8-19-5-3-16-4-6-19/h1-2,7,9,13,16H,3-6,8H2. The molecule has 114 valence electrons. The average molecular weight is 332 g/mol. The third kappa shape index (κ3) is 2.69. The van der Waals surface area contributed by atoms with E-state index in [1.54, 1.807) is 23.1 Å². The highest BCUT2D eigenvalue weighted by atomic mass is 32.2. The van der Waals surface area contributed by atoms with Crippen molar-refractivity contribution in [2.24, 2.45) is 15.9 Å². The molecule has 4 rings (SSSR count). The molecule has 1 saturated heterocycles. The fraction of sp³-hybridized carbons (Fsp3) is 0.400. The zero-order valence-electron chi connectivity index (χ0n) is 12.0. The van der Waals surface area contributed by atoms with E-state index in [4.69, 9.17) is 0 Å². The van der Waals surface area contributed by atoms with E-state index in [2.05, 4.69) is 25.6 Å². The highest BCUT2D eigenvalue weighted by Gasteiger charge is 2.37. The van der Waals surface area contributed by atoms with Gasteiger partial charge in [-0.2, -0.15) is 4.99 Å². The molecule has 22 heavy (non-hydrogen) atoms. The monoisotopic (exact) mass is 332 g/mol. The number of amides is 1. The summed E-state index contributed by atoms with van der Waals surface area (Å²) in [5.41, 5.74) is 1.05.